The van der Waals surface area contributed by atoms with E-state index in [0.29, 0.717) is 6.04 Å². The van der Waals surface area contributed by atoms with Crippen LogP contribution in [0.1, 0.15) is 66.7 Å². The molecule has 0 saturated heterocycles. The van der Waals surface area contributed by atoms with E-state index in [1.54, 1.807) is 0 Å². The second kappa shape index (κ2) is 9.21. The molecule has 0 aromatic carbocycles. The van der Waals surface area contributed by atoms with Gasteiger partial charge in [-0.2, -0.15) is 0 Å². The first kappa shape index (κ1) is 15.0. The van der Waals surface area contributed by atoms with Gasteiger partial charge in [0.2, 0.25) is 0 Å². The molecule has 0 amide bonds. The molecule has 0 spiro atoms. The summed E-state index contributed by atoms with van der Waals surface area (Å²) in [5, 5.41) is 3.64. The van der Waals surface area contributed by atoms with Crippen molar-refractivity contribution in [3.63, 3.8) is 0 Å². The molecule has 0 rings (SSSR count). The fraction of sp³-hybridized carbons (Fsp3) is 1.00. The van der Waals surface area contributed by atoms with Crippen LogP contribution in [-0.2, 0) is 0 Å². The van der Waals surface area contributed by atoms with Crippen LogP contribution >= 0.6 is 0 Å². The van der Waals surface area contributed by atoms with E-state index in [0.717, 1.165) is 11.8 Å². The molecule has 0 fully saturated rings. The predicted molar refractivity (Wildman–Crippen MR) is 70.2 cm³/mol. The minimum atomic E-state index is 0.690. The van der Waals surface area contributed by atoms with E-state index in [-0.39, 0.29) is 0 Å². The maximum atomic E-state index is 3.64. The first-order chi connectivity index (χ1) is 7.19. The first-order valence-electron chi connectivity index (χ1n) is 6.92. The second-order valence-electron chi connectivity index (χ2n) is 4.83. The lowest BCUT2D eigenvalue weighted by atomic mass is 9.85. The molecule has 15 heavy (non-hydrogen) atoms. The molecule has 0 aromatic rings. The highest BCUT2D eigenvalue weighted by atomic mass is 14.9. The number of hydrogen-bond donors (Lipinski definition) is 1. The molecule has 1 nitrogen and oxygen atoms in total. The zero-order chi connectivity index (χ0) is 11.7. The Morgan fingerprint density at radius 1 is 0.933 bits per heavy atom. The van der Waals surface area contributed by atoms with Crippen LogP contribution in [0.2, 0.25) is 0 Å². The third-order valence-corrected chi connectivity index (χ3v) is 3.74. The maximum Gasteiger partial charge on any atom is 0.00669 e. The normalized spacial score (nSPS) is 15.6. The first-order valence-corrected chi connectivity index (χ1v) is 6.92. The highest BCUT2D eigenvalue weighted by Crippen LogP contribution is 2.23. The summed E-state index contributed by atoms with van der Waals surface area (Å²) in [7, 11) is 0. The van der Waals surface area contributed by atoms with E-state index in [1.165, 1.54) is 38.6 Å². The monoisotopic (exact) mass is 213 g/mol. The van der Waals surface area contributed by atoms with Crippen molar-refractivity contribution in [1.82, 2.24) is 5.32 Å². The summed E-state index contributed by atoms with van der Waals surface area (Å²) >= 11 is 0. The van der Waals surface area contributed by atoms with Crippen molar-refractivity contribution in [2.75, 3.05) is 6.54 Å². The van der Waals surface area contributed by atoms with E-state index >= 15 is 0 Å². The van der Waals surface area contributed by atoms with E-state index < -0.39 is 0 Å². The van der Waals surface area contributed by atoms with Crippen LogP contribution in [-0.4, -0.2) is 12.6 Å². The highest BCUT2D eigenvalue weighted by molar-refractivity contribution is 4.73. The van der Waals surface area contributed by atoms with E-state index in [1.807, 2.05) is 0 Å². The van der Waals surface area contributed by atoms with Gasteiger partial charge >= 0.3 is 0 Å². The van der Waals surface area contributed by atoms with Gasteiger partial charge in [0.1, 0.15) is 0 Å². The summed E-state index contributed by atoms with van der Waals surface area (Å²) in [6.07, 6.45) is 6.64. The van der Waals surface area contributed by atoms with Crippen molar-refractivity contribution >= 4 is 0 Å². The zero-order valence-electron chi connectivity index (χ0n) is 11.5. The van der Waals surface area contributed by atoms with Crippen LogP contribution in [0.5, 0.6) is 0 Å². The van der Waals surface area contributed by atoms with Crippen molar-refractivity contribution in [3.05, 3.63) is 0 Å². The van der Waals surface area contributed by atoms with Crippen LogP contribution in [0.3, 0.4) is 0 Å². The highest BCUT2D eigenvalue weighted by Gasteiger charge is 2.18. The maximum absolute atomic E-state index is 3.64. The molecule has 92 valence electrons. The molecule has 0 aliphatic carbocycles. The Balaban J connectivity index is 3.98. The van der Waals surface area contributed by atoms with Gasteiger partial charge < -0.3 is 5.32 Å². The van der Waals surface area contributed by atoms with Gasteiger partial charge in [0, 0.05) is 6.04 Å². The molecule has 0 aromatic heterocycles. The smallest absolute Gasteiger partial charge is 0.00669 e. The third kappa shape index (κ3) is 6.19. The summed E-state index contributed by atoms with van der Waals surface area (Å²) < 4.78 is 0. The van der Waals surface area contributed by atoms with Crippen molar-refractivity contribution in [2.24, 2.45) is 11.8 Å². The topological polar surface area (TPSA) is 12.0 Å². The minimum Gasteiger partial charge on any atom is -0.314 e. The molecule has 0 heterocycles. The van der Waals surface area contributed by atoms with Gasteiger partial charge in [-0.3, -0.25) is 0 Å². The summed E-state index contributed by atoms with van der Waals surface area (Å²) in [5.41, 5.74) is 0. The van der Waals surface area contributed by atoms with Gasteiger partial charge in [0.25, 0.3) is 0 Å². The van der Waals surface area contributed by atoms with Crippen LogP contribution < -0.4 is 5.32 Å². The van der Waals surface area contributed by atoms with Gasteiger partial charge in [-0.15, -0.1) is 0 Å². The molecular weight excluding hydrogens is 182 g/mol. The summed E-state index contributed by atoms with van der Waals surface area (Å²) in [5.74, 6) is 1.79. The SMILES string of the molecule is CCCNC(C)C(CC)CC(CC)CC. The standard InChI is InChI=1S/C14H31N/c1-6-10-15-12(5)14(9-4)11-13(7-2)8-3/h12-15H,6-11H2,1-5H3. The molecule has 0 saturated carbocycles. The lowest BCUT2D eigenvalue weighted by molar-refractivity contribution is 0.281. The van der Waals surface area contributed by atoms with Crippen LogP contribution in [0.15, 0.2) is 0 Å². The van der Waals surface area contributed by atoms with Gasteiger partial charge in [-0.1, -0.05) is 47.0 Å². The van der Waals surface area contributed by atoms with Crippen molar-refractivity contribution < 1.29 is 0 Å². The van der Waals surface area contributed by atoms with Crippen LogP contribution in [0.4, 0.5) is 0 Å². The Morgan fingerprint density at radius 3 is 1.93 bits per heavy atom. The van der Waals surface area contributed by atoms with Gasteiger partial charge in [-0.25, -0.2) is 0 Å². The molecular formula is C14H31N. The molecule has 2 atom stereocenters. The Bertz CT molecular complexity index is 129. The van der Waals surface area contributed by atoms with Crippen molar-refractivity contribution in [1.29, 1.82) is 0 Å². The van der Waals surface area contributed by atoms with Crippen LogP contribution in [0, 0.1) is 11.8 Å². The fourth-order valence-corrected chi connectivity index (χ4v) is 2.31. The number of nitrogens with one attached hydrogen (secondary N) is 1. The Labute approximate surface area is 97.0 Å². The van der Waals surface area contributed by atoms with Gasteiger partial charge in [0.15, 0.2) is 0 Å². The van der Waals surface area contributed by atoms with Gasteiger partial charge in [-0.05, 0) is 38.1 Å². The number of rotatable bonds is 9. The molecule has 1 N–H and O–H groups in total. The van der Waals surface area contributed by atoms with Crippen molar-refractivity contribution in [3.8, 4) is 0 Å². The molecule has 0 radical (unpaired) electrons. The Kier molecular flexibility index (Phi) is 9.18. The third-order valence-electron chi connectivity index (χ3n) is 3.74. The zero-order valence-corrected chi connectivity index (χ0v) is 11.5. The molecule has 0 aliphatic heterocycles. The predicted octanol–water partition coefficient (Wildman–Crippen LogP) is 4.23. The van der Waals surface area contributed by atoms with Gasteiger partial charge in [0.05, 0.1) is 0 Å². The summed E-state index contributed by atoms with van der Waals surface area (Å²) in [6.45, 7) is 12.7. The Hall–Kier alpha value is -0.0400. The lowest BCUT2D eigenvalue weighted by Crippen LogP contribution is -2.34. The average molecular weight is 213 g/mol. The molecule has 2 unspecified atom stereocenters. The number of hydrogen-bond acceptors (Lipinski definition) is 1. The van der Waals surface area contributed by atoms with E-state index in [2.05, 4.69) is 39.9 Å². The Morgan fingerprint density at radius 2 is 1.53 bits per heavy atom. The second-order valence-corrected chi connectivity index (χ2v) is 4.83. The molecule has 0 bridgehead atoms. The minimum absolute atomic E-state index is 0.690. The summed E-state index contributed by atoms with van der Waals surface area (Å²) in [4.78, 5) is 0. The largest absolute Gasteiger partial charge is 0.314 e. The summed E-state index contributed by atoms with van der Waals surface area (Å²) in [6, 6.07) is 0.690. The quantitative estimate of drug-likeness (QED) is 0.604. The fourth-order valence-electron chi connectivity index (χ4n) is 2.31. The van der Waals surface area contributed by atoms with E-state index in [9.17, 15) is 0 Å². The van der Waals surface area contributed by atoms with Crippen molar-refractivity contribution in [2.45, 2.75) is 72.8 Å². The molecule has 1 heteroatoms. The lowest BCUT2D eigenvalue weighted by Gasteiger charge is -2.27. The average Bonchev–Trinajstić information content (AvgIpc) is 2.27. The molecule has 0 aliphatic rings. The van der Waals surface area contributed by atoms with E-state index in [4.69, 9.17) is 0 Å². The van der Waals surface area contributed by atoms with Crippen LogP contribution in [0.25, 0.3) is 0 Å².